The molecule has 0 saturated heterocycles. The zero-order valence-electron chi connectivity index (χ0n) is 13.9. The van der Waals surface area contributed by atoms with E-state index in [1.165, 1.54) is 12.2 Å². The molecule has 1 aliphatic carbocycles. The third-order valence-corrected chi connectivity index (χ3v) is 3.57. The molecule has 0 atom stereocenters. The first-order chi connectivity index (χ1) is 12.6. The van der Waals surface area contributed by atoms with Crippen LogP contribution in [-0.4, -0.2) is 38.8 Å². The summed E-state index contributed by atoms with van der Waals surface area (Å²) in [6.07, 6.45) is 6.09. The number of hydrogen-bond donors (Lipinski definition) is 3. The molecule has 1 aromatic heterocycles. The SMILES string of the molecule is O=C(/C=C/c1cn(Cc2ccccc2)nn1)NNC(=O)C(=O)NC1CC1. The van der Waals surface area contributed by atoms with Crippen LogP contribution in [0.25, 0.3) is 6.08 Å². The first-order valence-corrected chi connectivity index (χ1v) is 8.13. The van der Waals surface area contributed by atoms with E-state index in [9.17, 15) is 14.4 Å². The zero-order chi connectivity index (χ0) is 18.4. The Balaban J connectivity index is 1.44. The lowest BCUT2D eigenvalue weighted by atomic mass is 10.2. The van der Waals surface area contributed by atoms with Crippen molar-refractivity contribution in [2.24, 2.45) is 0 Å². The molecular formula is C17H18N6O3. The number of hydrogen-bond acceptors (Lipinski definition) is 5. The maximum Gasteiger partial charge on any atom is 0.327 e. The highest BCUT2D eigenvalue weighted by molar-refractivity contribution is 6.35. The number of benzene rings is 1. The summed E-state index contributed by atoms with van der Waals surface area (Å²) >= 11 is 0. The van der Waals surface area contributed by atoms with Crippen LogP contribution < -0.4 is 16.2 Å². The van der Waals surface area contributed by atoms with E-state index in [1.54, 1.807) is 10.9 Å². The van der Waals surface area contributed by atoms with Gasteiger partial charge >= 0.3 is 11.8 Å². The van der Waals surface area contributed by atoms with Crippen molar-refractivity contribution in [3.8, 4) is 0 Å². The Morgan fingerprint density at radius 3 is 2.62 bits per heavy atom. The van der Waals surface area contributed by atoms with Crippen molar-refractivity contribution in [1.82, 2.24) is 31.2 Å². The van der Waals surface area contributed by atoms with Crippen LogP contribution in [0.2, 0.25) is 0 Å². The van der Waals surface area contributed by atoms with Crippen molar-refractivity contribution in [3.63, 3.8) is 0 Å². The summed E-state index contributed by atoms with van der Waals surface area (Å²) in [6, 6.07) is 9.85. The second kappa shape index (κ2) is 8.06. The average molecular weight is 354 g/mol. The molecule has 1 aromatic carbocycles. The van der Waals surface area contributed by atoms with Crippen LogP contribution in [0, 0.1) is 0 Å². The van der Waals surface area contributed by atoms with E-state index in [2.05, 4.69) is 21.1 Å². The van der Waals surface area contributed by atoms with Gasteiger partial charge in [-0.1, -0.05) is 35.5 Å². The number of nitrogens with zero attached hydrogens (tertiary/aromatic N) is 3. The number of hydrazine groups is 1. The molecule has 1 saturated carbocycles. The molecule has 0 radical (unpaired) electrons. The summed E-state index contributed by atoms with van der Waals surface area (Å²) in [7, 11) is 0. The first kappa shape index (κ1) is 17.3. The van der Waals surface area contributed by atoms with Crippen molar-refractivity contribution >= 4 is 23.8 Å². The summed E-state index contributed by atoms with van der Waals surface area (Å²) in [5.41, 5.74) is 5.75. The quantitative estimate of drug-likeness (QED) is 0.389. The fourth-order valence-corrected chi connectivity index (χ4v) is 2.09. The molecule has 3 N–H and O–H groups in total. The van der Waals surface area contributed by atoms with Crippen LogP contribution >= 0.6 is 0 Å². The third kappa shape index (κ3) is 5.26. The predicted octanol–water partition coefficient (Wildman–Crippen LogP) is -0.234. The van der Waals surface area contributed by atoms with Crippen LogP contribution in [0.3, 0.4) is 0 Å². The molecule has 0 unspecified atom stereocenters. The lowest BCUT2D eigenvalue weighted by Gasteiger charge is -2.05. The summed E-state index contributed by atoms with van der Waals surface area (Å²) in [5, 5.41) is 10.4. The molecule has 0 bridgehead atoms. The van der Waals surface area contributed by atoms with Gasteiger partial charge in [0.05, 0.1) is 12.7 Å². The van der Waals surface area contributed by atoms with E-state index in [4.69, 9.17) is 0 Å². The minimum absolute atomic E-state index is 0.0716. The maximum absolute atomic E-state index is 11.7. The van der Waals surface area contributed by atoms with Gasteiger partial charge < -0.3 is 5.32 Å². The van der Waals surface area contributed by atoms with Crippen LogP contribution in [0.5, 0.6) is 0 Å². The van der Waals surface area contributed by atoms with Crippen LogP contribution in [0.4, 0.5) is 0 Å². The minimum Gasteiger partial charge on any atom is -0.345 e. The van der Waals surface area contributed by atoms with E-state index >= 15 is 0 Å². The molecular weight excluding hydrogens is 336 g/mol. The van der Waals surface area contributed by atoms with Crippen LogP contribution in [0.1, 0.15) is 24.1 Å². The summed E-state index contributed by atoms with van der Waals surface area (Å²) in [6.45, 7) is 0.569. The fourth-order valence-electron chi connectivity index (χ4n) is 2.09. The number of aromatic nitrogens is 3. The third-order valence-electron chi connectivity index (χ3n) is 3.57. The first-order valence-electron chi connectivity index (χ1n) is 8.13. The van der Waals surface area contributed by atoms with Gasteiger partial charge in [0, 0.05) is 12.1 Å². The van der Waals surface area contributed by atoms with Crippen molar-refractivity contribution in [2.75, 3.05) is 0 Å². The minimum atomic E-state index is -0.910. The monoisotopic (exact) mass is 354 g/mol. The predicted molar refractivity (Wildman–Crippen MR) is 92.1 cm³/mol. The largest absolute Gasteiger partial charge is 0.345 e. The van der Waals surface area contributed by atoms with Crippen molar-refractivity contribution in [2.45, 2.75) is 25.4 Å². The summed E-state index contributed by atoms with van der Waals surface area (Å²) in [4.78, 5) is 34.6. The highest BCUT2D eigenvalue weighted by Gasteiger charge is 2.26. The number of amides is 3. The molecule has 9 nitrogen and oxygen atoms in total. The molecule has 26 heavy (non-hydrogen) atoms. The Morgan fingerprint density at radius 2 is 1.88 bits per heavy atom. The topological polar surface area (TPSA) is 118 Å². The summed E-state index contributed by atoms with van der Waals surface area (Å²) in [5.74, 6) is -2.26. The van der Waals surface area contributed by atoms with Crippen molar-refractivity contribution in [3.05, 3.63) is 53.9 Å². The van der Waals surface area contributed by atoms with E-state index in [0.29, 0.717) is 12.2 Å². The zero-order valence-corrected chi connectivity index (χ0v) is 13.9. The van der Waals surface area contributed by atoms with Gasteiger partial charge in [0.2, 0.25) is 0 Å². The molecule has 9 heteroatoms. The normalized spacial score (nSPS) is 13.4. The second-order valence-electron chi connectivity index (χ2n) is 5.85. The molecule has 1 aliphatic rings. The van der Waals surface area contributed by atoms with E-state index in [1.807, 2.05) is 35.8 Å². The molecule has 1 heterocycles. The Labute approximate surface area is 149 Å². The van der Waals surface area contributed by atoms with E-state index in [0.717, 1.165) is 18.4 Å². The van der Waals surface area contributed by atoms with Crippen LogP contribution in [-0.2, 0) is 20.9 Å². The maximum atomic E-state index is 11.7. The number of carbonyl (C=O) groups excluding carboxylic acids is 3. The average Bonchev–Trinajstić information content (AvgIpc) is 3.35. The molecule has 0 aliphatic heterocycles. The number of carbonyl (C=O) groups is 3. The summed E-state index contributed by atoms with van der Waals surface area (Å²) < 4.78 is 1.65. The lowest BCUT2D eigenvalue weighted by Crippen LogP contribution is -2.48. The molecule has 2 aromatic rings. The Kier molecular flexibility index (Phi) is 5.37. The Morgan fingerprint density at radius 1 is 1.12 bits per heavy atom. The van der Waals surface area contributed by atoms with Gasteiger partial charge in [-0.3, -0.25) is 25.2 Å². The highest BCUT2D eigenvalue weighted by Crippen LogP contribution is 2.18. The molecule has 3 amide bonds. The van der Waals surface area contributed by atoms with Gasteiger partial charge in [-0.25, -0.2) is 4.68 Å². The Hall–Kier alpha value is -3.49. The van der Waals surface area contributed by atoms with Gasteiger partial charge in [-0.15, -0.1) is 5.10 Å². The van der Waals surface area contributed by atoms with Gasteiger partial charge in [0.25, 0.3) is 5.91 Å². The molecule has 0 spiro atoms. The van der Waals surface area contributed by atoms with Crippen LogP contribution in [0.15, 0.2) is 42.6 Å². The second-order valence-corrected chi connectivity index (χ2v) is 5.85. The van der Waals surface area contributed by atoms with E-state index < -0.39 is 17.7 Å². The van der Waals surface area contributed by atoms with Crippen molar-refractivity contribution in [1.29, 1.82) is 0 Å². The van der Waals surface area contributed by atoms with Crippen molar-refractivity contribution < 1.29 is 14.4 Å². The fraction of sp³-hybridized carbons (Fsp3) is 0.235. The molecule has 3 rings (SSSR count). The lowest BCUT2D eigenvalue weighted by molar-refractivity contribution is -0.140. The molecule has 134 valence electrons. The highest BCUT2D eigenvalue weighted by atomic mass is 16.2. The van der Waals surface area contributed by atoms with Gasteiger partial charge in [0.15, 0.2) is 0 Å². The Bertz CT molecular complexity index is 826. The van der Waals surface area contributed by atoms with E-state index in [-0.39, 0.29) is 6.04 Å². The molecule has 1 fully saturated rings. The van der Waals surface area contributed by atoms with Gasteiger partial charge in [0.1, 0.15) is 5.69 Å². The number of rotatable bonds is 5. The van der Waals surface area contributed by atoms with Gasteiger partial charge in [-0.2, -0.15) is 0 Å². The van der Waals surface area contributed by atoms with Gasteiger partial charge in [-0.05, 0) is 24.5 Å². The smallest absolute Gasteiger partial charge is 0.327 e. The standard InChI is InChI=1S/C17H18N6O3/c24-15(20-21-17(26)16(25)18-13-6-7-13)9-8-14-11-23(22-19-14)10-12-4-2-1-3-5-12/h1-5,8-9,11,13H,6-7,10H2,(H,18,25)(H,20,24)(H,21,26)/b9-8+. The number of nitrogens with one attached hydrogen (secondary N) is 3.